The molecule has 0 radical (unpaired) electrons. The molecule has 1 fully saturated rings. The molecule has 1 aliphatic rings. The number of hydrogen-bond donors (Lipinski definition) is 0. The van der Waals surface area contributed by atoms with Gasteiger partial charge < -0.3 is 0 Å². The molecule has 0 saturated carbocycles. The van der Waals surface area contributed by atoms with Gasteiger partial charge >= 0.3 is 0 Å². The van der Waals surface area contributed by atoms with Crippen molar-refractivity contribution < 1.29 is 4.79 Å². The maximum Gasteiger partial charge on any atom is 0.187 e. The second-order valence-corrected chi connectivity index (χ2v) is 6.96. The van der Waals surface area contributed by atoms with Crippen LogP contribution in [0.3, 0.4) is 0 Å². The Hall–Kier alpha value is -1.49. The van der Waals surface area contributed by atoms with Crippen LogP contribution >= 0.6 is 22.7 Å². The Morgan fingerprint density at radius 3 is 1.95 bits per heavy atom. The number of rotatable bonds is 3. The fourth-order valence-corrected chi connectivity index (χ4v) is 3.79. The Morgan fingerprint density at radius 1 is 1.05 bits per heavy atom. The molecule has 2 nitrogen and oxygen atoms in total. The van der Waals surface area contributed by atoms with E-state index in [0.717, 1.165) is 40.5 Å². The number of hydrogen-bond acceptors (Lipinski definition) is 4. The van der Waals surface area contributed by atoms with Gasteiger partial charge in [-0.25, -0.2) is 0 Å². The van der Waals surface area contributed by atoms with E-state index in [0.29, 0.717) is 0 Å². The summed E-state index contributed by atoms with van der Waals surface area (Å²) in [5.41, 5.74) is 1.79. The van der Waals surface area contributed by atoms with Crippen LogP contribution in [0.4, 0.5) is 0 Å². The second kappa shape index (κ2) is 6.52. The van der Waals surface area contributed by atoms with Crippen LogP contribution in [0.25, 0.3) is 12.2 Å². The third-order valence-corrected chi connectivity index (χ3v) is 5.18. The molecule has 4 heteroatoms. The monoisotopic (exact) mass is 315 g/mol. The number of carbonyl (C=O) groups is 1. The van der Waals surface area contributed by atoms with E-state index in [1.165, 1.54) is 0 Å². The summed E-state index contributed by atoms with van der Waals surface area (Å²) < 4.78 is 0. The summed E-state index contributed by atoms with van der Waals surface area (Å²) >= 11 is 3.34. The topological polar surface area (TPSA) is 20.3 Å². The molecular weight excluding hydrogens is 298 g/mol. The number of likely N-dealkylation sites (tertiary alicyclic amines) is 1. The highest BCUT2D eigenvalue weighted by Gasteiger charge is 2.25. The molecule has 0 amide bonds. The molecular formula is C17H17NOS2. The quantitative estimate of drug-likeness (QED) is 0.792. The van der Waals surface area contributed by atoms with E-state index < -0.39 is 0 Å². The van der Waals surface area contributed by atoms with Crippen molar-refractivity contribution in [2.45, 2.75) is 6.92 Å². The zero-order valence-corrected chi connectivity index (χ0v) is 13.5. The van der Waals surface area contributed by atoms with Crippen LogP contribution in [0.5, 0.6) is 0 Å². The minimum absolute atomic E-state index is 0.196. The van der Waals surface area contributed by atoms with Gasteiger partial charge in [-0.2, -0.15) is 0 Å². The average molecular weight is 315 g/mol. The lowest BCUT2D eigenvalue weighted by molar-refractivity contribution is -0.113. The normalized spacial score (nSPS) is 20.5. The van der Waals surface area contributed by atoms with Crippen LogP contribution in [-0.4, -0.2) is 30.3 Å². The van der Waals surface area contributed by atoms with E-state index in [9.17, 15) is 4.79 Å². The molecule has 0 spiro atoms. The molecule has 1 aliphatic heterocycles. The maximum atomic E-state index is 12.7. The number of ketones is 1. The Bertz CT molecular complexity index is 609. The van der Waals surface area contributed by atoms with Crippen molar-refractivity contribution in [1.29, 1.82) is 0 Å². The van der Waals surface area contributed by atoms with Gasteiger partial charge in [-0.1, -0.05) is 19.1 Å². The van der Waals surface area contributed by atoms with Crippen molar-refractivity contribution >= 4 is 40.6 Å². The molecule has 1 saturated heterocycles. The summed E-state index contributed by atoms with van der Waals surface area (Å²) in [4.78, 5) is 17.3. The molecule has 2 aromatic rings. The number of carbonyl (C=O) groups excluding carboxylic acids is 1. The van der Waals surface area contributed by atoms with E-state index >= 15 is 0 Å². The third-order valence-electron chi connectivity index (χ3n) is 3.54. The first-order valence-corrected chi connectivity index (χ1v) is 8.77. The van der Waals surface area contributed by atoms with Crippen LogP contribution in [0.15, 0.2) is 46.2 Å². The van der Waals surface area contributed by atoms with Crippen molar-refractivity contribution in [2.24, 2.45) is 0 Å². The molecule has 3 rings (SSSR count). The van der Waals surface area contributed by atoms with Crippen LogP contribution in [-0.2, 0) is 4.79 Å². The minimum atomic E-state index is 0.196. The standard InChI is InChI=1S/C17H17NOS2/c1-2-18-11-13(9-15-5-3-7-20-15)17(19)14(12-18)10-16-6-4-8-21-16/h3-10H,2,11-12H2,1H3/b13-9+,14-10+. The van der Waals surface area contributed by atoms with Crippen molar-refractivity contribution in [3.05, 3.63) is 55.9 Å². The van der Waals surface area contributed by atoms with Crippen LogP contribution < -0.4 is 0 Å². The van der Waals surface area contributed by atoms with Crippen molar-refractivity contribution in [3.8, 4) is 0 Å². The maximum absolute atomic E-state index is 12.7. The average Bonchev–Trinajstić information content (AvgIpc) is 3.16. The van der Waals surface area contributed by atoms with Crippen LogP contribution in [0, 0.1) is 0 Å². The summed E-state index contributed by atoms with van der Waals surface area (Å²) in [5, 5.41) is 4.08. The minimum Gasteiger partial charge on any atom is -0.295 e. The fraction of sp³-hybridized carbons (Fsp3) is 0.235. The largest absolute Gasteiger partial charge is 0.295 e. The van der Waals surface area contributed by atoms with Gasteiger partial charge in [-0.15, -0.1) is 22.7 Å². The molecule has 0 unspecified atom stereocenters. The van der Waals surface area contributed by atoms with Gasteiger partial charge in [0.1, 0.15) is 0 Å². The molecule has 0 aromatic carbocycles. The molecule has 2 aromatic heterocycles. The first-order valence-electron chi connectivity index (χ1n) is 7.01. The fourth-order valence-electron chi connectivity index (χ4n) is 2.42. The molecule has 0 atom stereocenters. The Kier molecular flexibility index (Phi) is 4.48. The van der Waals surface area contributed by atoms with Crippen LogP contribution in [0.2, 0.25) is 0 Å². The van der Waals surface area contributed by atoms with Crippen molar-refractivity contribution in [1.82, 2.24) is 4.90 Å². The molecule has 21 heavy (non-hydrogen) atoms. The first-order chi connectivity index (χ1) is 10.3. The van der Waals surface area contributed by atoms with Gasteiger partial charge in [0.25, 0.3) is 0 Å². The van der Waals surface area contributed by atoms with Crippen molar-refractivity contribution in [2.75, 3.05) is 19.6 Å². The van der Waals surface area contributed by atoms with Gasteiger partial charge in [0.05, 0.1) is 0 Å². The SMILES string of the molecule is CCN1C/C(=C\c2cccs2)C(=O)/C(=C/c2cccs2)C1. The van der Waals surface area contributed by atoms with Gasteiger partial charge in [0.2, 0.25) is 0 Å². The summed E-state index contributed by atoms with van der Waals surface area (Å²) in [6.45, 7) is 4.59. The number of piperidine rings is 1. The van der Waals surface area contributed by atoms with Crippen molar-refractivity contribution in [3.63, 3.8) is 0 Å². The van der Waals surface area contributed by atoms with Gasteiger partial charge in [-0.05, 0) is 41.6 Å². The second-order valence-electron chi connectivity index (χ2n) is 5.00. The zero-order valence-electron chi connectivity index (χ0n) is 11.9. The predicted octanol–water partition coefficient (Wildman–Crippen LogP) is 4.18. The number of nitrogens with zero attached hydrogens (tertiary/aromatic N) is 1. The lowest BCUT2D eigenvalue weighted by Gasteiger charge is -2.28. The summed E-state index contributed by atoms with van der Waals surface area (Å²) in [7, 11) is 0. The van der Waals surface area contributed by atoms with Gasteiger partial charge in [0.15, 0.2) is 5.78 Å². The lowest BCUT2D eigenvalue weighted by Crippen LogP contribution is -2.37. The van der Waals surface area contributed by atoms with E-state index in [2.05, 4.69) is 24.0 Å². The predicted molar refractivity (Wildman–Crippen MR) is 91.7 cm³/mol. The third kappa shape index (κ3) is 3.40. The Labute approximate surface area is 133 Å². The highest BCUT2D eigenvalue weighted by Crippen LogP contribution is 2.24. The highest BCUT2D eigenvalue weighted by atomic mass is 32.1. The number of thiophene rings is 2. The Balaban J connectivity index is 1.93. The van der Waals surface area contributed by atoms with Gasteiger partial charge in [-0.3, -0.25) is 9.69 Å². The van der Waals surface area contributed by atoms with Crippen LogP contribution in [0.1, 0.15) is 16.7 Å². The number of likely N-dealkylation sites (N-methyl/N-ethyl adjacent to an activating group) is 1. The molecule has 0 aliphatic carbocycles. The van der Waals surface area contributed by atoms with E-state index in [-0.39, 0.29) is 5.78 Å². The summed E-state index contributed by atoms with van der Waals surface area (Å²) in [6.07, 6.45) is 4.08. The summed E-state index contributed by atoms with van der Waals surface area (Å²) in [5.74, 6) is 0.196. The smallest absolute Gasteiger partial charge is 0.187 e. The van der Waals surface area contributed by atoms with E-state index in [4.69, 9.17) is 0 Å². The molecule has 108 valence electrons. The molecule has 0 bridgehead atoms. The highest BCUT2D eigenvalue weighted by molar-refractivity contribution is 7.11. The lowest BCUT2D eigenvalue weighted by atomic mass is 9.96. The van der Waals surface area contributed by atoms with Gasteiger partial charge in [0, 0.05) is 34.0 Å². The first kappa shape index (κ1) is 14.4. The number of Topliss-reactive ketones (excluding diaryl/α,β-unsaturated/α-hetero) is 1. The van der Waals surface area contributed by atoms with E-state index in [1.54, 1.807) is 22.7 Å². The zero-order chi connectivity index (χ0) is 14.7. The van der Waals surface area contributed by atoms with E-state index in [1.807, 2.05) is 35.0 Å². The molecule has 3 heterocycles. The molecule has 0 N–H and O–H groups in total. The Morgan fingerprint density at radius 2 is 1.57 bits per heavy atom. The summed E-state index contributed by atoms with van der Waals surface area (Å²) in [6, 6.07) is 8.14.